The smallest absolute Gasteiger partial charge is 0.251 e. The second kappa shape index (κ2) is 9.36. The Hall–Kier alpha value is -3.77. The molecule has 0 fully saturated rings. The summed E-state index contributed by atoms with van der Waals surface area (Å²) in [6.07, 6.45) is 1.43. The van der Waals surface area contributed by atoms with Crippen molar-refractivity contribution in [2.24, 2.45) is 0 Å². The van der Waals surface area contributed by atoms with Crippen molar-refractivity contribution >= 4 is 29.0 Å². The number of nitrogens with one attached hydrogen (secondary N) is 2. The lowest BCUT2D eigenvalue weighted by Crippen LogP contribution is -2.22. The van der Waals surface area contributed by atoms with Gasteiger partial charge in [0.2, 0.25) is 0 Å². The molecule has 4 aromatic rings. The predicted molar refractivity (Wildman–Crippen MR) is 120 cm³/mol. The Morgan fingerprint density at radius 3 is 2.55 bits per heavy atom. The molecular weight excluding hydrogens is 415 g/mol. The summed E-state index contributed by atoms with van der Waals surface area (Å²) in [5, 5.41) is 6.66. The van der Waals surface area contributed by atoms with Gasteiger partial charge in [-0.3, -0.25) is 4.79 Å². The van der Waals surface area contributed by atoms with Gasteiger partial charge in [0, 0.05) is 34.4 Å². The number of amides is 1. The third kappa shape index (κ3) is 5.24. The lowest BCUT2D eigenvalue weighted by Gasteiger charge is -2.10. The molecule has 154 valence electrons. The molecule has 5 nitrogen and oxygen atoms in total. The molecule has 0 saturated heterocycles. The summed E-state index contributed by atoms with van der Waals surface area (Å²) in [6.45, 7) is 0.336. The van der Waals surface area contributed by atoms with Crippen LogP contribution in [0.25, 0.3) is 11.3 Å². The van der Waals surface area contributed by atoms with Crippen LogP contribution >= 0.6 is 11.6 Å². The molecule has 0 bridgehead atoms. The van der Waals surface area contributed by atoms with Crippen molar-refractivity contribution < 1.29 is 9.18 Å². The Morgan fingerprint density at radius 2 is 1.74 bits per heavy atom. The fourth-order valence-electron chi connectivity index (χ4n) is 3.01. The number of anilines is 2. The number of hydrogen-bond acceptors (Lipinski definition) is 4. The highest BCUT2D eigenvalue weighted by Crippen LogP contribution is 2.22. The van der Waals surface area contributed by atoms with E-state index >= 15 is 0 Å². The van der Waals surface area contributed by atoms with Crippen LogP contribution in [0.5, 0.6) is 0 Å². The van der Waals surface area contributed by atoms with Crippen LogP contribution in [0.1, 0.15) is 15.9 Å². The van der Waals surface area contributed by atoms with Crippen molar-refractivity contribution in [1.29, 1.82) is 0 Å². The fourth-order valence-corrected chi connectivity index (χ4v) is 3.21. The van der Waals surface area contributed by atoms with Gasteiger partial charge in [-0.15, -0.1) is 0 Å². The molecule has 1 heterocycles. The highest BCUT2D eigenvalue weighted by Gasteiger charge is 2.09. The van der Waals surface area contributed by atoms with E-state index in [0.29, 0.717) is 34.3 Å². The molecule has 31 heavy (non-hydrogen) atoms. The fraction of sp³-hybridized carbons (Fsp3) is 0.0417. The number of nitrogens with zero attached hydrogens (tertiary/aromatic N) is 2. The van der Waals surface area contributed by atoms with Gasteiger partial charge < -0.3 is 10.6 Å². The maximum absolute atomic E-state index is 13.2. The largest absolute Gasteiger partial charge is 0.348 e. The molecule has 1 amide bonds. The van der Waals surface area contributed by atoms with Gasteiger partial charge in [0.25, 0.3) is 5.91 Å². The van der Waals surface area contributed by atoms with E-state index in [-0.39, 0.29) is 11.7 Å². The molecular formula is C24H18ClFN4O. The molecule has 7 heteroatoms. The number of hydrogen-bond donors (Lipinski definition) is 2. The summed E-state index contributed by atoms with van der Waals surface area (Å²) >= 11 is 6.14. The number of aromatic nitrogens is 2. The highest BCUT2D eigenvalue weighted by atomic mass is 35.5. The second-order valence-corrected chi connectivity index (χ2v) is 7.18. The van der Waals surface area contributed by atoms with Gasteiger partial charge in [-0.25, -0.2) is 14.4 Å². The summed E-state index contributed by atoms with van der Waals surface area (Å²) in [5.74, 6) is 0.0435. The first kappa shape index (κ1) is 20.5. The highest BCUT2D eigenvalue weighted by molar-refractivity contribution is 6.31. The van der Waals surface area contributed by atoms with Gasteiger partial charge in [0.15, 0.2) is 0 Å². The van der Waals surface area contributed by atoms with E-state index in [2.05, 4.69) is 20.6 Å². The quantitative estimate of drug-likeness (QED) is 0.415. The zero-order valence-corrected chi connectivity index (χ0v) is 17.1. The lowest BCUT2D eigenvalue weighted by atomic mass is 10.1. The van der Waals surface area contributed by atoms with Crippen LogP contribution in [0, 0.1) is 5.82 Å². The zero-order valence-electron chi connectivity index (χ0n) is 16.3. The molecule has 0 spiro atoms. The predicted octanol–water partition coefficient (Wildman–Crippen LogP) is 5.61. The zero-order chi connectivity index (χ0) is 21.6. The first-order valence-corrected chi connectivity index (χ1v) is 9.93. The molecule has 0 saturated carbocycles. The van der Waals surface area contributed by atoms with Crippen molar-refractivity contribution in [2.75, 3.05) is 5.32 Å². The molecule has 0 aliphatic carbocycles. The van der Waals surface area contributed by atoms with Gasteiger partial charge in [-0.05, 0) is 54.1 Å². The van der Waals surface area contributed by atoms with Gasteiger partial charge >= 0.3 is 0 Å². The van der Waals surface area contributed by atoms with E-state index in [0.717, 1.165) is 11.1 Å². The normalized spacial score (nSPS) is 10.5. The first-order valence-electron chi connectivity index (χ1n) is 9.55. The molecule has 2 N–H and O–H groups in total. The van der Waals surface area contributed by atoms with Crippen LogP contribution < -0.4 is 10.6 Å². The van der Waals surface area contributed by atoms with Gasteiger partial charge in [-0.1, -0.05) is 35.9 Å². The number of rotatable bonds is 6. The van der Waals surface area contributed by atoms with Crippen LogP contribution in [-0.2, 0) is 6.54 Å². The maximum Gasteiger partial charge on any atom is 0.251 e. The molecule has 3 aromatic carbocycles. The number of carbonyl (C=O) groups is 1. The molecule has 0 aliphatic heterocycles. The van der Waals surface area contributed by atoms with Crippen molar-refractivity contribution in [3.05, 3.63) is 107 Å². The number of carbonyl (C=O) groups excluding carboxylic acids is 1. The molecule has 0 unspecified atom stereocenters. The van der Waals surface area contributed by atoms with Crippen molar-refractivity contribution in [3.63, 3.8) is 0 Å². The summed E-state index contributed by atoms with van der Waals surface area (Å²) in [7, 11) is 0. The first-order chi connectivity index (χ1) is 15.1. The molecule has 0 atom stereocenters. The summed E-state index contributed by atoms with van der Waals surface area (Å²) in [5.41, 5.74) is 3.49. The second-order valence-electron chi connectivity index (χ2n) is 6.78. The number of benzene rings is 3. The minimum atomic E-state index is -0.305. The van der Waals surface area contributed by atoms with Crippen LogP contribution in [-0.4, -0.2) is 15.9 Å². The third-order valence-corrected chi connectivity index (χ3v) is 4.97. The van der Waals surface area contributed by atoms with E-state index < -0.39 is 0 Å². The van der Waals surface area contributed by atoms with Gasteiger partial charge in [0.1, 0.15) is 18.0 Å². The Kier molecular flexibility index (Phi) is 6.19. The summed E-state index contributed by atoms with van der Waals surface area (Å²) in [4.78, 5) is 21.0. The molecule has 4 rings (SSSR count). The topological polar surface area (TPSA) is 66.9 Å². The molecule has 0 radical (unpaired) electrons. The Bertz CT molecular complexity index is 1210. The summed E-state index contributed by atoms with van der Waals surface area (Å²) < 4.78 is 13.2. The molecule has 0 aliphatic rings. The minimum absolute atomic E-state index is 0.210. The average Bonchev–Trinajstić information content (AvgIpc) is 2.79. The molecule has 1 aromatic heterocycles. The maximum atomic E-state index is 13.2. The summed E-state index contributed by atoms with van der Waals surface area (Å²) in [6, 6.07) is 22.3. The third-order valence-electron chi connectivity index (χ3n) is 4.60. The van der Waals surface area contributed by atoms with E-state index in [1.807, 2.05) is 24.3 Å². The monoisotopic (exact) mass is 432 g/mol. The number of halogens is 2. The van der Waals surface area contributed by atoms with E-state index in [9.17, 15) is 9.18 Å². The van der Waals surface area contributed by atoms with Crippen LogP contribution in [0.4, 0.5) is 15.9 Å². The van der Waals surface area contributed by atoms with Crippen LogP contribution in [0.3, 0.4) is 0 Å². The van der Waals surface area contributed by atoms with E-state index in [1.54, 1.807) is 42.5 Å². The van der Waals surface area contributed by atoms with E-state index in [4.69, 9.17) is 11.6 Å². The minimum Gasteiger partial charge on any atom is -0.348 e. The van der Waals surface area contributed by atoms with Gasteiger partial charge in [-0.2, -0.15) is 0 Å². The van der Waals surface area contributed by atoms with E-state index in [1.165, 1.54) is 18.5 Å². The Balaban J connectivity index is 1.46. The van der Waals surface area contributed by atoms with Crippen molar-refractivity contribution in [3.8, 4) is 11.3 Å². The van der Waals surface area contributed by atoms with Crippen molar-refractivity contribution in [1.82, 2.24) is 15.3 Å². The van der Waals surface area contributed by atoms with Crippen LogP contribution in [0.2, 0.25) is 5.02 Å². The standard InChI is InChI=1S/C24H18ClFN4O/c25-21-7-2-1-4-18(21)14-27-24(31)17-5-3-6-20(12-17)30-23-13-22(28-15-29-23)16-8-10-19(26)11-9-16/h1-13,15H,14H2,(H,27,31)(H,28,29,30). The SMILES string of the molecule is O=C(NCc1ccccc1Cl)c1cccc(Nc2cc(-c3ccc(F)cc3)ncn2)c1. The Labute approximate surface area is 184 Å². The van der Waals surface area contributed by atoms with Gasteiger partial charge in [0.05, 0.1) is 5.69 Å². The average molecular weight is 433 g/mol. The van der Waals surface area contributed by atoms with Crippen LogP contribution in [0.15, 0.2) is 85.2 Å². The van der Waals surface area contributed by atoms with Crippen molar-refractivity contribution in [2.45, 2.75) is 6.54 Å². The lowest BCUT2D eigenvalue weighted by molar-refractivity contribution is 0.0951. The Morgan fingerprint density at radius 1 is 0.935 bits per heavy atom.